The summed E-state index contributed by atoms with van der Waals surface area (Å²) in [5, 5.41) is 3.03. The van der Waals surface area contributed by atoms with Gasteiger partial charge in [-0.3, -0.25) is 9.59 Å². The standard InChI is InChI=1S/C15H20FNO3/c1-9(2)17-13(8-14(18)20-4)15(19)11-5-6-12(16)10(3)7-11/h5-7,9,13,17H,8H2,1-4H3. The normalized spacial score (nSPS) is 12.3. The molecule has 0 radical (unpaired) electrons. The summed E-state index contributed by atoms with van der Waals surface area (Å²) in [6.45, 7) is 5.36. The van der Waals surface area contributed by atoms with Crippen molar-refractivity contribution in [1.29, 1.82) is 0 Å². The summed E-state index contributed by atoms with van der Waals surface area (Å²) in [6.07, 6.45) is -0.0516. The van der Waals surface area contributed by atoms with Gasteiger partial charge in [-0.25, -0.2) is 4.39 Å². The van der Waals surface area contributed by atoms with Gasteiger partial charge in [0.25, 0.3) is 0 Å². The number of carbonyl (C=O) groups is 2. The van der Waals surface area contributed by atoms with E-state index >= 15 is 0 Å². The summed E-state index contributed by atoms with van der Waals surface area (Å²) in [5.74, 6) is -1.06. The molecule has 4 nitrogen and oxygen atoms in total. The number of esters is 1. The highest BCUT2D eigenvalue weighted by atomic mass is 19.1. The Balaban J connectivity index is 2.96. The number of Topliss-reactive ketones (excluding diaryl/α,β-unsaturated/α-hetero) is 1. The second-order valence-corrected chi connectivity index (χ2v) is 4.98. The van der Waals surface area contributed by atoms with E-state index in [4.69, 9.17) is 0 Å². The van der Waals surface area contributed by atoms with Crippen molar-refractivity contribution in [3.05, 3.63) is 35.1 Å². The molecule has 0 fully saturated rings. The summed E-state index contributed by atoms with van der Waals surface area (Å²) >= 11 is 0. The molecule has 1 atom stereocenters. The van der Waals surface area contributed by atoms with Gasteiger partial charge in [0.1, 0.15) is 5.82 Å². The molecule has 0 bridgehead atoms. The Labute approximate surface area is 118 Å². The van der Waals surface area contributed by atoms with Crippen LogP contribution < -0.4 is 5.32 Å². The van der Waals surface area contributed by atoms with Crippen LogP contribution in [0.15, 0.2) is 18.2 Å². The predicted octanol–water partition coefficient (Wildman–Crippen LogP) is 2.25. The van der Waals surface area contributed by atoms with Gasteiger partial charge in [-0.2, -0.15) is 0 Å². The zero-order chi connectivity index (χ0) is 15.3. The molecular weight excluding hydrogens is 261 g/mol. The van der Waals surface area contributed by atoms with Crippen molar-refractivity contribution in [3.8, 4) is 0 Å². The molecule has 0 aliphatic heterocycles. The highest BCUT2D eigenvalue weighted by Gasteiger charge is 2.24. The Hall–Kier alpha value is -1.75. The summed E-state index contributed by atoms with van der Waals surface area (Å²) < 4.78 is 17.8. The van der Waals surface area contributed by atoms with Gasteiger partial charge >= 0.3 is 5.97 Å². The molecule has 1 unspecified atom stereocenters. The lowest BCUT2D eigenvalue weighted by Crippen LogP contribution is -2.42. The molecule has 1 aromatic rings. The largest absolute Gasteiger partial charge is 0.469 e. The van der Waals surface area contributed by atoms with Gasteiger partial charge in [0.2, 0.25) is 0 Å². The topological polar surface area (TPSA) is 55.4 Å². The van der Waals surface area contributed by atoms with E-state index in [1.807, 2.05) is 13.8 Å². The molecule has 0 aromatic heterocycles. The van der Waals surface area contributed by atoms with Crippen LogP contribution in [0.1, 0.15) is 36.2 Å². The first-order valence-electron chi connectivity index (χ1n) is 6.48. The van der Waals surface area contributed by atoms with Crippen molar-refractivity contribution >= 4 is 11.8 Å². The van der Waals surface area contributed by atoms with E-state index in [-0.39, 0.29) is 24.1 Å². The van der Waals surface area contributed by atoms with Crippen LogP contribution in [0.5, 0.6) is 0 Å². The van der Waals surface area contributed by atoms with Crippen LogP contribution >= 0.6 is 0 Å². The van der Waals surface area contributed by atoms with Gasteiger partial charge in [-0.05, 0) is 30.7 Å². The number of nitrogens with one attached hydrogen (secondary N) is 1. The van der Waals surface area contributed by atoms with Crippen molar-refractivity contribution < 1.29 is 18.7 Å². The maximum atomic E-state index is 13.2. The Morgan fingerprint density at radius 3 is 2.50 bits per heavy atom. The minimum Gasteiger partial charge on any atom is -0.469 e. The number of carbonyl (C=O) groups excluding carboxylic acids is 2. The van der Waals surface area contributed by atoms with Crippen molar-refractivity contribution in [2.45, 2.75) is 39.3 Å². The first-order chi connectivity index (χ1) is 9.35. The molecule has 1 N–H and O–H groups in total. The molecule has 0 amide bonds. The number of aryl methyl sites for hydroxylation is 1. The third-order valence-corrected chi connectivity index (χ3v) is 2.89. The first-order valence-corrected chi connectivity index (χ1v) is 6.48. The number of rotatable bonds is 6. The lowest BCUT2D eigenvalue weighted by atomic mass is 9.99. The maximum Gasteiger partial charge on any atom is 0.307 e. The molecule has 0 heterocycles. The zero-order valence-electron chi connectivity index (χ0n) is 12.2. The number of hydrogen-bond donors (Lipinski definition) is 1. The van der Waals surface area contributed by atoms with Crippen molar-refractivity contribution in [1.82, 2.24) is 5.32 Å². The fourth-order valence-corrected chi connectivity index (χ4v) is 1.88. The van der Waals surface area contributed by atoms with E-state index in [0.717, 1.165) is 0 Å². The average Bonchev–Trinajstić information content (AvgIpc) is 2.39. The Bertz CT molecular complexity index is 500. The maximum absolute atomic E-state index is 13.2. The van der Waals surface area contributed by atoms with Crippen molar-refractivity contribution in [2.75, 3.05) is 7.11 Å². The summed E-state index contributed by atoms with van der Waals surface area (Å²) in [4.78, 5) is 23.8. The van der Waals surface area contributed by atoms with Crippen LogP contribution in [0, 0.1) is 12.7 Å². The molecule has 0 saturated carbocycles. The molecule has 1 aromatic carbocycles. The van der Waals surface area contributed by atoms with Gasteiger partial charge in [0.15, 0.2) is 5.78 Å². The van der Waals surface area contributed by atoms with Gasteiger partial charge in [0.05, 0.1) is 19.6 Å². The fourth-order valence-electron chi connectivity index (χ4n) is 1.88. The lowest BCUT2D eigenvalue weighted by Gasteiger charge is -2.19. The van der Waals surface area contributed by atoms with Crippen LogP contribution in [-0.4, -0.2) is 30.9 Å². The highest BCUT2D eigenvalue weighted by molar-refractivity contribution is 6.02. The van der Waals surface area contributed by atoms with Crippen molar-refractivity contribution in [3.63, 3.8) is 0 Å². The molecular formula is C15H20FNO3. The van der Waals surface area contributed by atoms with E-state index < -0.39 is 12.0 Å². The Kier molecular flexibility index (Phi) is 5.82. The molecule has 0 aliphatic rings. The minimum absolute atomic E-state index is 0.0372. The van der Waals surface area contributed by atoms with Gasteiger partial charge < -0.3 is 10.1 Å². The molecule has 0 saturated heterocycles. The monoisotopic (exact) mass is 281 g/mol. The second-order valence-electron chi connectivity index (χ2n) is 4.98. The van der Waals surface area contributed by atoms with Crippen LogP contribution in [0.3, 0.4) is 0 Å². The van der Waals surface area contributed by atoms with E-state index in [9.17, 15) is 14.0 Å². The SMILES string of the molecule is COC(=O)CC(NC(C)C)C(=O)c1ccc(F)c(C)c1. The van der Waals surface area contributed by atoms with Gasteiger partial charge in [-0.1, -0.05) is 13.8 Å². The summed E-state index contributed by atoms with van der Waals surface area (Å²) in [6, 6.07) is 3.54. The Morgan fingerprint density at radius 2 is 2.00 bits per heavy atom. The number of methoxy groups -OCH3 is 1. The van der Waals surface area contributed by atoms with Crippen LogP contribution in [-0.2, 0) is 9.53 Å². The Morgan fingerprint density at radius 1 is 1.35 bits per heavy atom. The zero-order valence-corrected chi connectivity index (χ0v) is 12.2. The van der Waals surface area contributed by atoms with Crippen LogP contribution in [0.2, 0.25) is 0 Å². The summed E-state index contributed by atoms with van der Waals surface area (Å²) in [5.41, 5.74) is 0.781. The smallest absolute Gasteiger partial charge is 0.307 e. The molecule has 0 spiro atoms. The van der Waals surface area contributed by atoms with E-state index in [1.165, 1.54) is 25.3 Å². The fraction of sp³-hybridized carbons (Fsp3) is 0.467. The first kappa shape index (κ1) is 16.3. The quantitative estimate of drug-likeness (QED) is 0.642. The number of ketones is 1. The summed E-state index contributed by atoms with van der Waals surface area (Å²) in [7, 11) is 1.28. The number of benzene rings is 1. The predicted molar refractivity (Wildman–Crippen MR) is 74.2 cm³/mol. The third-order valence-electron chi connectivity index (χ3n) is 2.89. The van der Waals surface area contributed by atoms with E-state index in [2.05, 4.69) is 10.1 Å². The number of halogens is 1. The van der Waals surface area contributed by atoms with Crippen LogP contribution in [0.4, 0.5) is 4.39 Å². The lowest BCUT2D eigenvalue weighted by molar-refractivity contribution is -0.141. The highest BCUT2D eigenvalue weighted by Crippen LogP contribution is 2.13. The number of ether oxygens (including phenoxy) is 1. The average molecular weight is 281 g/mol. The molecule has 5 heteroatoms. The molecule has 110 valence electrons. The molecule has 1 rings (SSSR count). The molecule has 20 heavy (non-hydrogen) atoms. The number of hydrogen-bond acceptors (Lipinski definition) is 4. The third kappa shape index (κ3) is 4.42. The van der Waals surface area contributed by atoms with Crippen molar-refractivity contribution in [2.24, 2.45) is 0 Å². The second kappa shape index (κ2) is 7.14. The molecule has 0 aliphatic carbocycles. The van der Waals surface area contributed by atoms with Gasteiger partial charge in [0, 0.05) is 11.6 Å². The minimum atomic E-state index is -0.674. The van der Waals surface area contributed by atoms with Crippen LogP contribution in [0.25, 0.3) is 0 Å². The van der Waals surface area contributed by atoms with E-state index in [0.29, 0.717) is 11.1 Å². The van der Waals surface area contributed by atoms with Gasteiger partial charge in [-0.15, -0.1) is 0 Å². The van der Waals surface area contributed by atoms with E-state index in [1.54, 1.807) is 6.92 Å².